The number of hydrogen-bond acceptors (Lipinski definition) is 3. The molecule has 0 heterocycles. The lowest BCUT2D eigenvalue weighted by Gasteiger charge is -2.22. The molecule has 0 amide bonds. The van der Waals surface area contributed by atoms with E-state index in [1.54, 1.807) is 0 Å². The van der Waals surface area contributed by atoms with Crippen LogP contribution in [-0.2, 0) is 0 Å². The third-order valence-corrected chi connectivity index (χ3v) is 4.99. The summed E-state index contributed by atoms with van der Waals surface area (Å²) in [5.41, 5.74) is -0.313. The Balaban J connectivity index is 1.96. The van der Waals surface area contributed by atoms with Gasteiger partial charge < -0.3 is 0 Å². The van der Waals surface area contributed by atoms with Crippen molar-refractivity contribution in [3.63, 3.8) is 0 Å². The molecular formula is C15H19ClN2S. The molecule has 2 rings (SSSR count). The summed E-state index contributed by atoms with van der Waals surface area (Å²) in [4.78, 5) is 1.20. The molecule has 1 fully saturated rings. The number of nitrogens with one attached hydrogen (secondary N) is 1. The van der Waals surface area contributed by atoms with Gasteiger partial charge in [-0.25, -0.2) is 0 Å². The van der Waals surface area contributed by atoms with Crippen LogP contribution in [0.1, 0.15) is 32.6 Å². The number of hydrogen-bond donors (Lipinski definition) is 1. The van der Waals surface area contributed by atoms with E-state index in [0.29, 0.717) is 5.25 Å². The third-order valence-electron chi connectivity index (χ3n) is 3.50. The molecule has 2 atom stereocenters. The Bertz CT molecular complexity index is 471. The topological polar surface area (TPSA) is 35.8 Å². The summed E-state index contributed by atoms with van der Waals surface area (Å²) in [5.74, 6) is 0. The minimum atomic E-state index is -0.313. The monoisotopic (exact) mass is 294 g/mol. The van der Waals surface area contributed by atoms with Crippen LogP contribution in [0.2, 0.25) is 5.02 Å². The van der Waals surface area contributed by atoms with Crippen LogP contribution >= 0.6 is 23.4 Å². The SMILES string of the molecule is CCCNC1(C#N)CCC(Sc2cccc(Cl)c2)C1. The predicted molar refractivity (Wildman–Crippen MR) is 81.6 cm³/mol. The van der Waals surface area contributed by atoms with E-state index in [-0.39, 0.29) is 5.54 Å². The smallest absolute Gasteiger partial charge is 0.107 e. The van der Waals surface area contributed by atoms with E-state index in [4.69, 9.17) is 11.6 Å². The van der Waals surface area contributed by atoms with Crippen molar-refractivity contribution in [2.75, 3.05) is 6.54 Å². The number of benzene rings is 1. The molecule has 0 spiro atoms. The Hall–Kier alpha value is -0.690. The van der Waals surface area contributed by atoms with Gasteiger partial charge in [-0.05, 0) is 50.4 Å². The first-order valence-corrected chi connectivity index (χ1v) is 8.02. The van der Waals surface area contributed by atoms with Crippen molar-refractivity contribution in [3.8, 4) is 6.07 Å². The zero-order valence-corrected chi connectivity index (χ0v) is 12.7. The number of halogens is 1. The quantitative estimate of drug-likeness (QED) is 0.882. The summed E-state index contributed by atoms with van der Waals surface area (Å²) in [6.45, 7) is 3.05. The lowest BCUT2D eigenvalue weighted by molar-refractivity contribution is 0.424. The minimum Gasteiger partial charge on any atom is -0.299 e. The molecule has 1 aliphatic rings. The predicted octanol–water partition coefficient (Wildman–Crippen LogP) is 4.25. The number of nitriles is 1. The summed E-state index contributed by atoms with van der Waals surface area (Å²) in [6, 6.07) is 10.4. The van der Waals surface area contributed by atoms with Gasteiger partial charge in [0, 0.05) is 15.2 Å². The second kappa shape index (κ2) is 6.65. The van der Waals surface area contributed by atoms with Gasteiger partial charge in [-0.3, -0.25) is 5.32 Å². The van der Waals surface area contributed by atoms with Crippen LogP contribution in [-0.4, -0.2) is 17.3 Å². The molecule has 0 aromatic heterocycles. The van der Waals surface area contributed by atoms with Gasteiger partial charge in [0.25, 0.3) is 0 Å². The fourth-order valence-electron chi connectivity index (χ4n) is 2.50. The van der Waals surface area contributed by atoms with Crippen LogP contribution in [0.5, 0.6) is 0 Å². The second-order valence-corrected chi connectivity index (χ2v) is 6.87. The first kappa shape index (κ1) is 14.7. The summed E-state index contributed by atoms with van der Waals surface area (Å²) >= 11 is 7.85. The van der Waals surface area contributed by atoms with Crippen LogP contribution in [0.25, 0.3) is 0 Å². The fourth-order valence-corrected chi connectivity index (χ4v) is 4.10. The Labute approximate surface area is 124 Å². The standard InChI is InChI=1S/C15H19ClN2S/c1-2-8-18-15(11-17)7-6-14(10-15)19-13-5-3-4-12(16)9-13/h3-5,9,14,18H,2,6-8,10H2,1H3. The van der Waals surface area contributed by atoms with Gasteiger partial charge in [-0.15, -0.1) is 11.8 Å². The number of rotatable bonds is 5. The van der Waals surface area contributed by atoms with Gasteiger partial charge in [0.15, 0.2) is 0 Å². The van der Waals surface area contributed by atoms with Crippen molar-refractivity contribution in [2.45, 2.75) is 48.3 Å². The molecule has 1 saturated carbocycles. The van der Waals surface area contributed by atoms with Gasteiger partial charge >= 0.3 is 0 Å². The van der Waals surface area contributed by atoms with Crippen LogP contribution in [0.15, 0.2) is 29.2 Å². The average molecular weight is 295 g/mol. The van der Waals surface area contributed by atoms with E-state index in [9.17, 15) is 5.26 Å². The third kappa shape index (κ3) is 3.89. The normalized spacial score (nSPS) is 26.3. The molecule has 19 heavy (non-hydrogen) atoms. The summed E-state index contributed by atoms with van der Waals surface area (Å²) in [7, 11) is 0. The van der Waals surface area contributed by atoms with E-state index >= 15 is 0 Å². The molecule has 4 heteroatoms. The van der Waals surface area contributed by atoms with Crippen LogP contribution in [0, 0.1) is 11.3 Å². The minimum absolute atomic E-state index is 0.313. The van der Waals surface area contributed by atoms with E-state index in [2.05, 4.69) is 24.4 Å². The molecule has 2 unspecified atom stereocenters. The highest BCUT2D eigenvalue weighted by atomic mass is 35.5. The molecule has 2 nitrogen and oxygen atoms in total. The van der Waals surface area contributed by atoms with E-state index in [1.165, 1.54) is 4.90 Å². The molecule has 1 aromatic rings. The Morgan fingerprint density at radius 2 is 2.42 bits per heavy atom. The van der Waals surface area contributed by atoms with Crippen molar-refractivity contribution >= 4 is 23.4 Å². The maximum Gasteiger partial charge on any atom is 0.107 e. The van der Waals surface area contributed by atoms with E-state index in [1.807, 2.05) is 30.0 Å². The molecule has 0 bridgehead atoms. The molecule has 0 saturated heterocycles. The van der Waals surface area contributed by atoms with Crippen molar-refractivity contribution < 1.29 is 0 Å². The highest BCUT2D eigenvalue weighted by Crippen LogP contribution is 2.40. The lowest BCUT2D eigenvalue weighted by atomic mass is 10.00. The van der Waals surface area contributed by atoms with E-state index in [0.717, 1.165) is 37.3 Å². The Morgan fingerprint density at radius 1 is 1.58 bits per heavy atom. The summed E-state index contributed by atoms with van der Waals surface area (Å²) < 4.78 is 0. The van der Waals surface area contributed by atoms with E-state index < -0.39 is 0 Å². The molecule has 0 radical (unpaired) electrons. The fraction of sp³-hybridized carbons (Fsp3) is 0.533. The number of nitrogens with zero attached hydrogens (tertiary/aromatic N) is 1. The highest BCUT2D eigenvalue weighted by Gasteiger charge is 2.39. The highest BCUT2D eigenvalue weighted by molar-refractivity contribution is 8.00. The molecule has 0 aliphatic heterocycles. The van der Waals surface area contributed by atoms with Gasteiger partial charge in [0.2, 0.25) is 0 Å². The molecule has 1 N–H and O–H groups in total. The molecule has 102 valence electrons. The van der Waals surface area contributed by atoms with Gasteiger partial charge in [0.1, 0.15) is 5.54 Å². The summed E-state index contributed by atoms with van der Waals surface area (Å²) in [5, 5.41) is 14.1. The summed E-state index contributed by atoms with van der Waals surface area (Å²) in [6.07, 6.45) is 4.01. The first-order valence-electron chi connectivity index (χ1n) is 6.76. The lowest BCUT2D eigenvalue weighted by Crippen LogP contribution is -2.42. The number of thioether (sulfide) groups is 1. The van der Waals surface area contributed by atoms with Crippen LogP contribution < -0.4 is 5.32 Å². The van der Waals surface area contributed by atoms with Crippen molar-refractivity contribution in [1.29, 1.82) is 5.26 Å². The zero-order valence-electron chi connectivity index (χ0n) is 11.2. The maximum atomic E-state index is 9.43. The zero-order chi connectivity index (χ0) is 13.7. The largest absolute Gasteiger partial charge is 0.299 e. The Morgan fingerprint density at radius 3 is 3.11 bits per heavy atom. The average Bonchev–Trinajstić information content (AvgIpc) is 2.80. The van der Waals surface area contributed by atoms with Crippen molar-refractivity contribution in [2.24, 2.45) is 0 Å². The molecule has 1 aliphatic carbocycles. The van der Waals surface area contributed by atoms with Gasteiger partial charge in [0.05, 0.1) is 6.07 Å². The second-order valence-electron chi connectivity index (χ2n) is 5.06. The molecule has 1 aromatic carbocycles. The maximum absolute atomic E-state index is 9.43. The molecular weight excluding hydrogens is 276 g/mol. The van der Waals surface area contributed by atoms with Crippen molar-refractivity contribution in [3.05, 3.63) is 29.3 Å². The van der Waals surface area contributed by atoms with Gasteiger partial charge in [-0.2, -0.15) is 5.26 Å². The van der Waals surface area contributed by atoms with Crippen LogP contribution in [0.3, 0.4) is 0 Å². The first-order chi connectivity index (χ1) is 9.17. The van der Waals surface area contributed by atoms with Gasteiger partial charge in [-0.1, -0.05) is 24.6 Å². The van der Waals surface area contributed by atoms with Crippen molar-refractivity contribution in [1.82, 2.24) is 5.32 Å². The van der Waals surface area contributed by atoms with Crippen LogP contribution in [0.4, 0.5) is 0 Å². The Kier molecular flexibility index (Phi) is 5.15.